The molecule has 5 heteroatoms. The maximum absolute atomic E-state index is 9.26. The van der Waals surface area contributed by atoms with Crippen LogP contribution in [0.2, 0.25) is 0 Å². The molecule has 0 aliphatic heterocycles. The van der Waals surface area contributed by atoms with Crippen molar-refractivity contribution in [3.05, 3.63) is 53.0 Å². The summed E-state index contributed by atoms with van der Waals surface area (Å²) in [7, 11) is 0. The molecular formula is C15H13BrN2OS. The van der Waals surface area contributed by atoms with Crippen molar-refractivity contribution in [3.8, 4) is 0 Å². The van der Waals surface area contributed by atoms with E-state index in [1.165, 1.54) is 0 Å². The third kappa shape index (κ3) is 2.75. The molecule has 1 aromatic heterocycles. The highest BCUT2D eigenvalue weighted by Gasteiger charge is 2.11. The third-order valence-corrected chi connectivity index (χ3v) is 4.50. The van der Waals surface area contributed by atoms with Crippen LogP contribution in [0.5, 0.6) is 0 Å². The summed E-state index contributed by atoms with van der Waals surface area (Å²) in [6.45, 7) is 0.660. The van der Waals surface area contributed by atoms with Crippen molar-refractivity contribution in [1.82, 2.24) is 9.55 Å². The number of aliphatic hydroxyl groups excluding tert-OH is 1. The van der Waals surface area contributed by atoms with Gasteiger partial charge in [0, 0.05) is 15.9 Å². The number of hydrogen-bond acceptors (Lipinski definition) is 3. The van der Waals surface area contributed by atoms with E-state index >= 15 is 0 Å². The van der Waals surface area contributed by atoms with Gasteiger partial charge >= 0.3 is 0 Å². The van der Waals surface area contributed by atoms with E-state index in [-0.39, 0.29) is 6.61 Å². The predicted molar refractivity (Wildman–Crippen MR) is 85.1 cm³/mol. The van der Waals surface area contributed by atoms with Crippen LogP contribution in [0, 0.1) is 0 Å². The van der Waals surface area contributed by atoms with Crippen molar-refractivity contribution >= 4 is 38.7 Å². The Balaban J connectivity index is 2.01. The van der Waals surface area contributed by atoms with E-state index in [1.54, 1.807) is 11.8 Å². The Labute approximate surface area is 129 Å². The Hall–Kier alpha value is -1.30. The fraction of sp³-hybridized carbons (Fsp3) is 0.133. The van der Waals surface area contributed by atoms with Crippen LogP contribution in [-0.2, 0) is 6.54 Å². The summed E-state index contributed by atoms with van der Waals surface area (Å²) < 4.78 is 3.12. The highest BCUT2D eigenvalue weighted by molar-refractivity contribution is 9.10. The maximum Gasteiger partial charge on any atom is 0.174 e. The first-order valence-electron chi connectivity index (χ1n) is 6.27. The summed E-state index contributed by atoms with van der Waals surface area (Å²) in [5.41, 5.74) is 2.02. The van der Waals surface area contributed by atoms with Crippen molar-refractivity contribution < 1.29 is 5.11 Å². The van der Waals surface area contributed by atoms with Crippen molar-refractivity contribution in [2.75, 3.05) is 6.61 Å². The second-order valence-electron chi connectivity index (χ2n) is 4.31. The van der Waals surface area contributed by atoms with Gasteiger partial charge < -0.3 is 9.67 Å². The van der Waals surface area contributed by atoms with Crippen molar-refractivity contribution in [1.29, 1.82) is 0 Å². The molecule has 1 N–H and O–H groups in total. The smallest absolute Gasteiger partial charge is 0.174 e. The molecule has 0 radical (unpaired) electrons. The minimum Gasteiger partial charge on any atom is -0.395 e. The van der Waals surface area contributed by atoms with Crippen LogP contribution in [0.1, 0.15) is 0 Å². The standard InChI is InChI=1S/C15H13BrN2OS/c16-11-5-7-12(8-6-11)20-15-17-13-3-1-2-4-14(13)18(15)9-10-19/h1-8,19H,9-10H2. The van der Waals surface area contributed by atoms with Gasteiger partial charge in [-0.3, -0.25) is 0 Å². The van der Waals surface area contributed by atoms with Gasteiger partial charge in [0.2, 0.25) is 0 Å². The van der Waals surface area contributed by atoms with Crippen LogP contribution in [0.3, 0.4) is 0 Å². The third-order valence-electron chi connectivity index (χ3n) is 2.97. The molecule has 0 fully saturated rings. The molecule has 0 aliphatic carbocycles. The fourth-order valence-electron chi connectivity index (χ4n) is 2.06. The zero-order chi connectivity index (χ0) is 13.9. The average molecular weight is 349 g/mol. The Morgan fingerprint density at radius 2 is 1.85 bits per heavy atom. The van der Waals surface area contributed by atoms with E-state index < -0.39 is 0 Å². The molecule has 3 aromatic rings. The van der Waals surface area contributed by atoms with Crippen molar-refractivity contribution in [3.63, 3.8) is 0 Å². The summed E-state index contributed by atoms with van der Waals surface area (Å²) >= 11 is 5.04. The van der Waals surface area contributed by atoms with E-state index in [0.717, 1.165) is 25.6 Å². The lowest BCUT2D eigenvalue weighted by molar-refractivity contribution is 0.273. The molecule has 0 saturated carbocycles. The minimum atomic E-state index is 0.105. The molecular weight excluding hydrogens is 336 g/mol. The number of fused-ring (bicyclic) bond motifs is 1. The lowest BCUT2D eigenvalue weighted by Gasteiger charge is -2.06. The lowest BCUT2D eigenvalue weighted by atomic mass is 10.3. The second kappa shape index (κ2) is 5.99. The van der Waals surface area contributed by atoms with E-state index in [0.29, 0.717) is 6.54 Å². The number of nitrogens with zero attached hydrogens (tertiary/aromatic N) is 2. The summed E-state index contributed by atoms with van der Waals surface area (Å²) in [5, 5.41) is 10.2. The van der Waals surface area contributed by atoms with Gasteiger partial charge in [0.1, 0.15) is 0 Å². The molecule has 3 nitrogen and oxygen atoms in total. The van der Waals surface area contributed by atoms with Crippen LogP contribution in [0.4, 0.5) is 0 Å². The Bertz CT molecular complexity index is 724. The van der Waals surface area contributed by atoms with Gasteiger partial charge in [-0.25, -0.2) is 4.98 Å². The van der Waals surface area contributed by atoms with E-state index in [2.05, 4.69) is 37.6 Å². The number of para-hydroxylation sites is 2. The molecule has 0 spiro atoms. The van der Waals surface area contributed by atoms with Gasteiger partial charge in [0.05, 0.1) is 17.6 Å². The molecule has 0 saturated heterocycles. The van der Waals surface area contributed by atoms with Crippen LogP contribution in [-0.4, -0.2) is 21.3 Å². The topological polar surface area (TPSA) is 38.0 Å². The summed E-state index contributed by atoms with van der Waals surface area (Å²) in [4.78, 5) is 5.78. The summed E-state index contributed by atoms with van der Waals surface area (Å²) in [6, 6.07) is 16.1. The normalized spacial score (nSPS) is 11.1. The van der Waals surface area contributed by atoms with Gasteiger partial charge in [0.25, 0.3) is 0 Å². The molecule has 3 rings (SSSR count). The highest BCUT2D eigenvalue weighted by atomic mass is 79.9. The Kier molecular flexibility index (Phi) is 4.10. The van der Waals surface area contributed by atoms with Crippen molar-refractivity contribution in [2.24, 2.45) is 0 Å². The first kappa shape index (κ1) is 13.7. The van der Waals surface area contributed by atoms with Crippen LogP contribution < -0.4 is 0 Å². The molecule has 102 valence electrons. The van der Waals surface area contributed by atoms with E-state index in [4.69, 9.17) is 0 Å². The second-order valence-corrected chi connectivity index (χ2v) is 6.27. The molecule has 0 unspecified atom stereocenters. The van der Waals surface area contributed by atoms with Gasteiger partial charge in [0.15, 0.2) is 5.16 Å². The SMILES string of the molecule is OCCn1c(Sc2ccc(Br)cc2)nc2ccccc21. The van der Waals surface area contributed by atoms with Gasteiger partial charge in [-0.15, -0.1) is 0 Å². The van der Waals surface area contributed by atoms with Crippen molar-refractivity contribution in [2.45, 2.75) is 16.6 Å². The van der Waals surface area contributed by atoms with E-state index in [1.807, 2.05) is 36.4 Å². The molecule has 0 bridgehead atoms. The first-order valence-corrected chi connectivity index (χ1v) is 7.88. The summed E-state index contributed by atoms with van der Waals surface area (Å²) in [6.07, 6.45) is 0. The molecule has 0 atom stereocenters. The zero-order valence-electron chi connectivity index (χ0n) is 10.7. The number of rotatable bonds is 4. The monoisotopic (exact) mass is 348 g/mol. The van der Waals surface area contributed by atoms with Gasteiger partial charge in [-0.2, -0.15) is 0 Å². The highest BCUT2D eigenvalue weighted by Crippen LogP contribution is 2.30. The van der Waals surface area contributed by atoms with Gasteiger partial charge in [-0.05, 0) is 36.4 Å². The summed E-state index contributed by atoms with van der Waals surface area (Å²) in [5.74, 6) is 0. The Morgan fingerprint density at radius 3 is 2.60 bits per heavy atom. The lowest BCUT2D eigenvalue weighted by Crippen LogP contribution is -2.03. The Morgan fingerprint density at radius 1 is 1.10 bits per heavy atom. The van der Waals surface area contributed by atoms with Crippen LogP contribution >= 0.6 is 27.7 Å². The fourth-order valence-corrected chi connectivity index (χ4v) is 3.25. The first-order chi connectivity index (χ1) is 9.78. The number of aromatic nitrogens is 2. The quantitative estimate of drug-likeness (QED) is 0.775. The molecule has 0 amide bonds. The maximum atomic E-state index is 9.26. The largest absolute Gasteiger partial charge is 0.395 e. The van der Waals surface area contributed by atoms with Crippen LogP contribution in [0.15, 0.2) is 63.1 Å². The van der Waals surface area contributed by atoms with E-state index in [9.17, 15) is 5.11 Å². The molecule has 2 aromatic carbocycles. The number of hydrogen-bond donors (Lipinski definition) is 1. The van der Waals surface area contributed by atoms with Gasteiger partial charge in [-0.1, -0.05) is 39.8 Å². The molecule has 0 aliphatic rings. The van der Waals surface area contributed by atoms with Crippen LogP contribution in [0.25, 0.3) is 11.0 Å². The number of halogens is 1. The molecule has 1 heterocycles. The number of benzene rings is 2. The predicted octanol–water partition coefficient (Wildman–Crippen LogP) is 3.94. The molecule has 20 heavy (non-hydrogen) atoms. The number of aliphatic hydroxyl groups is 1. The number of imidazole rings is 1. The minimum absolute atomic E-state index is 0.105. The average Bonchev–Trinajstić information content (AvgIpc) is 2.80. The zero-order valence-corrected chi connectivity index (χ0v) is 13.1.